The molecular weight excluding hydrogens is 310 g/mol. The number of benzene rings is 1. The molecule has 0 radical (unpaired) electrons. The molecular formula is C17H21N3O2S. The summed E-state index contributed by atoms with van der Waals surface area (Å²) in [7, 11) is 0. The Morgan fingerprint density at radius 1 is 1.43 bits per heavy atom. The van der Waals surface area contributed by atoms with E-state index in [9.17, 15) is 9.90 Å². The lowest BCUT2D eigenvalue weighted by atomic mass is 10.0. The fourth-order valence-corrected chi connectivity index (χ4v) is 3.63. The number of thiazole rings is 1. The number of aromatic nitrogens is 1. The van der Waals surface area contributed by atoms with Crippen molar-refractivity contribution >= 4 is 17.2 Å². The third-order valence-corrected chi connectivity index (χ3v) is 5.18. The van der Waals surface area contributed by atoms with Crippen LogP contribution in [-0.2, 0) is 4.79 Å². The Morgan fingerprint density at radius 2 is 2.17 bits per heavy atom. The number of carbonyl (C=O) groups is 1. The molecule has 1 saturated heterocycles. The molecule has 0 spiro atoms. The molecule has 2 heterocycles. The zero-order valence-electron chi connectivity index (χ0n) is 13.2. The number of carbonyl (C=O) groups excluding carboxylic acids is 1. The molecule has 1 aromatic carbocycles. The van der Waals surface area contributed by atoms with Gasteiger partial charge in [0.1, 0.15) is 0 Å². The van der Waals surface area contributed by atoms with E-state index in [2.05, 4.69) is 27.8 Å². The highest BCUT2D eigenvalue weighted by Gasteiger charge is 2.28. The lowest BCUT2D eigenvalue weighted by Crippen LogP contribution is -2.41. The van der Waals surface area contributed by atoms with Crippen molar-refractivity contribution in [3.8, 4) is 10.4 Å². The molecule has 3 N–H and O–H groups in total. The van der Waals surface area contributed by atoms with Crippen LogP contribution >= 0.6 is 11.3 Å². The number of β-amino-alcohol motifs (C(OH)–C–C–N with tert-alkyl or cyclic N) is 1. The van der Waals surface area contributed by atoms with Crippen LogP contribution in [0.2, 0.25) is 0 Å². The molecule has 1 aliphatic heterocycles. The Hall–Kier alpha value is -1.76. The summed E-state index contributed by atoms with van der Waals surface area (Å²) in [4.78, 5) is 17.6. The molecule has 0 aliphatic carbocycles. The maximum atomic E-state index is 12.2. The van der Waals surface area contributed by atoms with Crippen LogP contribution in [0, 0.1) is 6.92 Å². The van der Waals surface area contributed by atoms with E-state index < -0.39 is 6.10 Å². The summed E-state index contributed by atoms with van der Waals surface area (Å²) in [5.74, 6) is -0.0589. The topological polar surface area (TPSA) is 74.2 Å². The zero-order chi connectivity index (χ0) is 16.4. The molecule has 23 heavy (non-hydrogen) atoms. The van der Waals surface area contributed by atoms with Crippen molar-refractivity contribution < 1.29 is 9.90 Å². The molecule has 122 valence electrons. The summed E-state index contributed by atoms with van der Waals surface area (Å²) in [6.45, 7) is 4.46. The maximum Gasteiger partial charge on any atom is 0.237 e. The number of aryl methyl sites for hydroxylation is 1. The molecule has 3 atom stereocenters. The van der Waals surface area contributed by atoms with Crippen molar-refractivity contribution in [1.29, 1.82) is 0 Å². The minimum absolute atomic E-state index is 0.0589. The van der Waals surface area contributed by atoms with Gasteiger partial charge in [-0.05, 0) is 31.4 Å². The normalized spacial score (nSPS) is 22.0. The molecule has 0 saturated carbocycles. The van der Waals surface area contributed by atoms with Crippen LogP contribution in [0.3, 0.4) is 0 Å². The van der Waals surface area contributed by atoms with Crippen LogP contribution in [0.5, 0.6) is 0 Å². The minimum atomic E-state index is -0.428. The van der Waals surface area contributed by atoms with Gasteiger partial charge < -0.3 is 15.7 Å². The lowest BCUT2D eigenvalue weighted by Gasteiger charge is -2.18. The molecule has 2 aromatic rings. The van der Waals surface area contributed by atoms with Crippen molar-refractivity contribution in [3.63, 3.8) is 0 Å². The Bertz CT molecular complexity index is 683. The number of nitrogens with zero attached hydrogens (tertiary/aromatic N) is 1. The van der Waals surface area contributed by atoms with E-state index in [1.54, 1.807) is 11.3 Å². The van der Waals surface area contributed by atoms with Gasteiger partial charge in [-0.2, -0.15) is 0 Å². The Labute approximate surface area is 139 Å². The summed E-state index contributed by atoms with van der Waals surface area (Å²) in [5, 5.41) is 15.5. The number of aliphatic hydroxyl groups is 1. The second kappa shape index (κ2) is 6.78. The van der Waals surface area contributed by atoms with E-state index in [1.807, 2.05) is 31.5 Å². The Morgan fingerprint density at radius 3 is 2.74 bits per heavy atom. The van der Waals surface area contributed by atoms with Gasteiger partial charge >= 0.3 is 0 Å². The molecule has 1 amide bonds. The number of rotatable bonds is 4. The zero-order valence-corrected chi connectivity index (χ0v) is 14.1. The van der Waals surface area contributed by atoms with Crippen molar-refractivity contribution in [2.45, 2.75) is 38.5 Å². The van der Waals surface area contributed by atoms with Crippen molar-refractivity contribution in [3.05, 3.63) is 41.0 Å². The molecule has 1 fully saturated rings. The lowest BCUT2D eigenvalue weighted by molar-refractivity contribution is -0.123. The molecule has 3 rings (SSSR count). The molecule has 6 heteroatoms. The molecule has 0 unspecified atom stereocenters. The quantitative estimate of drug-likeness (QED) is 0.801. The van der Waals surface area contributed by atoms with Gasteiger partial charge in [0.05, 0.1) is 34.3 Å². The van der Waals surface area contributed by atoms with Crippen molar-refractivity contribution in [1.82, 2.24) is 15.6 Å². The first-order valence-electron chi connectivity index (χ1n) is 7.77. The summed E-state index contributed by atoms with van der Waals surface area (Å²) >= 11 is 1.63. The number of nitrogens with one attached hydrogen (secondary N) is 2. The number of hydrogen-bond acceptors (Lipinski definition) is 5. The minimum Gasteiger partial charge on any atom is -0.392 e. The van der Waals surface area contributed by atoms with Gasteiger partial charge in [0.25, 0.3) is 0 Å². The third kappa shape index (κ3) is 3.60. The average molecular weight is 331 g/mol. The van der Waals surface area contributed by atoms with Gasteiger partial charge in [0.15, 0.2) is 0 Å². The van der Waals surface area contributed by atoms with E-state index in [4.69, 9.17) is 0 Å². The van der Waals surface area contributed by atoms with Crippen LogP contribution in [0.25, 0.3) is 10.4 Å². The second-order valence-electron chi connectivity index (χ2n) is 5.97. The molecule has 0 bridgehead atoms. The molecule has 1 aromatic heterocycles. The predicted molar refractivity (Wildman–Crippen MR) is 91.3 cm³/mol. The summed E-state index contributed by atoms with van der Waals surface area (Å²) in [6, 6.07) is 7.84. The maximum absolute atomic E-state index is 12.2. The van der Waals surface area contributed by atoms with E-state index in [0.717, 1.165) is 16.8 Å². The van der Waals surface area contributed by atoms with Crippen molar-refractivity contribution in [2.75, 3.05) is 6.54 Å². The van der Waals surface area contributed by atoms with Gasteiger partial charge in [-0.1, -0.05) is 24.3 Å². The van der Waals surface area contributed by atoms with Gasteiger partial charge in [0, 0.05) is 6.54 Å². The van der Waals surface area contributed by atoms with Gasteiger partial charge in [-0.15, -0.1) is 11.3 Å². The average Bonchev–Trinajstić information content (AvgIpc) is 3.16. The Kier molecular flexibility index (Phi) is 4.75. The van der Waals surface area contributed by atoms with Crippen LogP contribution in [-0.4, -0.2) is 34.7 Å². The fraction of sp³-hybridized carbons (Fsp3) is 0.412. The van der Waals surface area contributed by atoms with Crippen LogP contribution in [0.15, 0.2) is 29.8 Å². The SMILES string of the molecule is Cc1ncsc1-c1ccc([C@H](C)NC(=O)[C@@H]2C[C@@H](O)CN2)cc1. The fourth-order valence-electron chi connectivity index (χ4n) is 2.82. The van der Waals surface area contributed by atoms with Crippen LogP contribution in [0.1, 0.15) is 30.6 Å². The summed E-state index contributed by atoms with van der Waals surface area (Å²) in [6.07, 6.45) is 0.0466. The van der Waals surface area contributed by atoms with E-state index in [1.165, 1.54) is 4.88 Å². The first kappa shape index (κ1) is 16.1. The Balaban J connectivity index is 1.65. The van der Waals surface area contributed by atoms with Gasteiger partial charge in [0.2, 0.25) is 5.91 Å². The largest absolute Gasteiger partial charge is 0.392 e. The number of aliphatic hydroxyl groups excluding tert-OH is 1. The van der Waals surface area contributed by atoms with Crippen molar-refractivity contribution in [2.24, 2.45) is 0 Å². The number of hydrogen-bond donors (Lipinski definition) is 3. The predicted octanol–water partition coefficient (Wildman–Crippen LogP) is 2.02. The third-order valence-electron chi connectivity index (χ3n) is 4.20. The highest BCUT2D eigenvalue weighted by molar-refractivity contribution is 7.13. The summed E-state index contributed by atoms with van der Waals surface area (Å²) in [5.41, 5.74) is 5.09. The standard InChI is InChI=1S/C17H21N3O2S/c1-10(20-17(22)15-7-14(21)8-18-15)12-3-5-13(6-4-12)16-11(2)19-9-23-16/h3-6,9-10,14-15,18,21H,7-8H2,1-2H3,(H,20,22)/t10-,14+,15-/m0/s1. The number of amides is 1. The molecule has 5 nitrogen and oxygen atoms in total. The molecule has 1 aliphatic rings. The highest BCUT2D eigenvalue weighted by Crippen LogP contribution is 2.28. The van der Waals surface area contributed by atoms with E-state index in [0.29, 0.717) is 13.0 Å². The first-order chi connectivity index (χ1) is 11.0. The monoisotopic (exact) mass is 331 g/mol. The van der Waals surface area contributed by atoms with Gasteiger partial charge in [-0.25, -0.2) is 4.98 Å². The first-order valence-corrected chi connectivity index (χ1v) is 8.65. The van der Waals surface area contributed by atoms with E-state index in [-0.39, 0.29) is 18.0 Å². The summed E-state index contributed by atoms with van der Waals surface area (Å²) < 4.78 is 0. The van der Waals surface area contributed by atoms with Crippen LogP contribution in [0.4, 0.5) is 0 Å². The highest BCUT2D eigenvalue weighted by atomic mass is 32.1. The van der Waals surface area contributed by atoms with Gasteiger partial charge in [-0.3, -0.25) is 4.79 Å². The van der Waals surface area contributed by atoms with Crippen LogP contribution < -0.4 is 10.6 Å². The van der Waals surface area contributed by atoms with E-state index >= 15 is 0 Å². The second-order valence-corrected chi connectivity index (χ2v) is 6.82. The smallest absolute Gasteiger partial charge is 0.237 e.